The van der Waals surface area contributed by atoms with Crippen molar-refractivity contribution in [1.29, 1.82) is 0 Å². The van der Waals surface area contributed by atoms with E-state index in [0.29, 0.717) is 0 Å². The second-order valence-electron chi connectivity index (χ2n) is 1.17. The molecule has 5 heteroatoms. The van der Waals surface area contributed by atoms with Gasteiger partial charge in [-0.1, -0.05) is 0 Å². The van der Waals surface area contributed by atoms with Crippen molar-refractivity contribution >= 4 is 5.96 Å². The van der Waals surface area contributed by atoms with Crippen molar-refractivity contribution in [2.75, 3.05) is 14.2 Å². The van der Waals surface area contributed by atoms with E-state index < -0.39 is 0 Å². The summed E-state index contributed by atoms with van der Waals surface area (Å²) in [4.78, 5) is 4.60. The predicted octanol–water partition coefficient (Wildman–Crippen LogP) is -1.33. The number of rotatable bonds is 1. The molecule has 0 aliphatic carbocycles. The van der Waals surface area contributed by atoms with E-state index >= 15 is 0 Å². The van der Waals surface area contributed by atoms with E-state index in [0.717, 1.165) is 0 Å². The Kier molecular flexibility index (Phi) is 2.71. The first-order valence-electron chi connectivity index (χ1n) is 2.03. The molecule has 0 atom stereocenters. The minimum Gasteiger partial charge on any atom is -0.367 e. The summed E-state index contributed by atoms with van der Waals surface area (Å²) < 4.78 is 0. The van der Waals surface area contributed by atoms with Gasteiger partial charge in [0.2, 0.25) is 5.96 Å². The van der Waals surface area contributed by atoms with Crippen LogP contribution < -0.4 is 11.6 Å². The van der Waals surface area contributed by atoms with Crippen molar-refractivity contribution in [3.05, 3.63) is 0 Å². The van der Waals surface area contributed by atoms with Crippen molar-refractivity contribution in [1.82, 2.24) is 5.06 Å². The van der Waals surface area contributed by atoms with Crippen molar-refractivity contribution in [2.24, 2.45) is 16.7 Å². The lowest BCUT2D eigenvalue weighted by atomic mass is 11.0. The van der Waals surface area contributed by atoms with Gasteiger partial charge in [-0.2, -0.15) is 0 Å². The fourth-order valence-corrected chi connectivity index (χ4v) is 0.175. The Labute approximate surface area is 47.8 Å². The SMILES string of the molecule is CON(C)C(N)=NN. The topological polar surface area (TPSA) is 76.9 Å². The molecule has 48 valence electrons. The Bertz CT molecular complexity index is 91.3. The Balaban J connectivity index is 3.63. The summed E-state index contributed by atoms with van der Waals surface area (Å²) >= 11 is 0. The van der Waals surface area contributed by atoms with Crippen molar-refractivity contribution < 1.29 is 4.84 Å². The fourth-order valence-electron chi connectivity index (χ4n) is 0.175. The molecule has 0 heterocycles. The van der Waals surface area contributed by atoms with Crippen LogP contribution in [0.3, 0.4) is 0 Å². The molecule has 4 N–H and O–H groups in total. The molecule has 8 heavy (non-hydrogen) atoms. The molecule has 0 saturated carbocycles. The fraction of sp³-hybridized carbons (Fsp3) is 0.667. The zero-order valence-electron chi connectivity index (χ0n) is 4.96. The molecule has 0 aliphatic heterocycles. The highest BCUT2D eigenvalue weighted by Crippen LogP contribution is 1.76. The monoisotopic (exact) mass is 118 g/mol. The first kappa shape index (κ1) is 7.03. The van der Waals surface area contributed by atoms with E-state index in [1.807, 2.05) is 0 Å². The molecular formula is C3H10N4O. The third-order valence-electron chi connectivity index (χ3n) is 0.729. The van der Waals surface area contributed by atoms with E-state index in [2.05, 4.69) is 9.94 Å². The summed E-state index contributed by atoms with van der Waals surface area (Å²) in [6, 6.07) is 0. The number of guanidine groups is 1. The zero-order valence-corrected chi connectivity index (χ0v) is 4.96. The molecule has 0 amide bonds. The Morgan fingerprint density at radius 1 is 1.75 bits per heavy atom. The molecule has 0 radical (unpaired) electrons. The minimum absolute atomic E-state index is 0.146. The lowest BCUT2D eigenvalue weighted by Gasteiger charge is -2.11. The molecule has 0 aromatic carbocycles. The van der Waals surface area contributed by atoms with Gasteiger partial charge in [-0.25, -0.2) is 5.06 Å². The number of hydrogen-bond donors (Lipinski definition) is 2. The van der Waals surface area contributed by atoms with Gasteiger partial charge in [0.15, 0.2) is 0 Å². The van der Waals surface area contributed by atoms with Gasteiger partial charge in [0.05, 0.1) is 7.11 Å². The molecule has 0 aromatic heterocycles. The molecule has 0 unspecified atom stereocenters. The normalized spacial score (nSPS) is 11.5. The van der Waals surface area contributed by atoms with Crippen molar-refractivity contribution in [3.63, 3.8) is 0 Å². The van der Waals surface area contributed by atoms with Crippen LogP contribution in [0.2, 0.25) is 0 Å². The predicted molar refractivity (Wildman–Crippen MR) is 30.6 cm³/mol. The lowest BCUT2D eigenvalue weighted by molar-refractivity contribution is -0.0432. The number of hydroxylamine groups is 2. The van der Waals surface area contributed by atoms with Crippen molar-refractivity contribution in [3.8, 4) is 0 Å². The molecule has 0 rings (SSSR count). The molecule has 5 nitrogen and oxygen atoms in total. The zero-order chi connectivity index (χ0) is 6.57. The average molecular weight is 118 g/mol. The maximum absolute atomic E-state index is 5.15. The van der Waals surface area contributed by atoms with Crippen LogP contribution in [0.25, 0.3) is 0 Å². The summed E-state index contributed by atoms with van der Waals surface area (Å²) in [6.45, 7) is 0. The summed E-state index contributed by atoms with van der Waals surface area (Å²) in [5.41, 5.74) is 5.15. The van der Waals surface area contributed by atoms with Crippen LogP contribution >= 0.6 is 0 Å². The second kappa shape index (κ2) is 3.09. The van der Waals surface area contributed by atoms with Gasteiger partial charge in [-0.05, 0) is 0 Å². The van der Waals surface area contributed by atoms with Gasteiger partial charge in [-0.15, -0.1) is 5.10 Å². The third kappa shape index (κ3) is 1.65. The largest absolute Gasteiger partial charge is 0.367 e. The summed E-state index contributed by atoms with van der Waals surface area (Å²) in [5.74, 6) is 4.94. The Hall–Kier alpha value is -0.970. The van der Waals surface area contributed by atoms with Crippen LogP contribution in [0, 0.1) is 0 Å². The lowest BCUT2D eigenvalue weighted by Crippen LogP contribution is -2.33. The second-order valence-corrected chi connectivity index (χ2v) is 1.17. The molecule has 0 aliphatic rings. The number of nitrogens with two attached hydrogens (primary N) is 2. The first-order valence-corrected chi connectivity index (χ1v) is 2.03. The third-order valence-corrected chi connectivity index (χ3v) is 0.729. The molecule has 0 saturated heterocycles. The molecule has 0 aromatic rings. The quantitative estimate of drug-likeness (QED) is 0.193. The number of hydrazone groups is 1. The van der Waals surface area contributed by atoms with Crippen LogP contribution in [0.5, 0.6) is 0 Å². The highest BCUT2D eigenvalue weighted by atomic mass is 16.7. The van der Waals surface area contributed by atoms with Gasteiger partial charge < -0.3 is 11.6 Å². The molecule has 0 fully saturated rings. The Morgan fingerprint density at radius 3 is 2.38 bits per heavy atom. The highest BCUT2D eigenvalue weighted by Gasteiger charge is 1.94. The minimum atomic E-state index is 0.146. The van der Waals surface area contributed by atoms with Gasteiger partial charge in [0.1, 0.15) is 0 Å². The summed E-state index contributed by atoms with van der Waals surface area (Å²) in [7, 11) is 3.07. The van der Waals surface area contributed by atoms with E-state index in [1.54, 1.807) is 7.05 Å². The maximum atomic E-state index is 5.15. The Morgan fingerprint density at radius 2 is 2.25 bits per heavy atom. The molecular weight excluding hydrogens is 108 g/mol. The van der Waals surface area contributed by atoms with Crippen molar-refractivity contribution in [2.45, 2.75) is 0 Å². The smallest absolute Gasteiger partial charge is 0.237 e. The van der Waals surface area contributed by atoms with E-state index in [-0.39, 0.29) is 5.96 Å². The van der Waals surface area contributed by atoms with Crippen LogP contribution in [-0.2, 0) is 4.84 Å². The average Bonchev–Trinajstić information content (AvgIpc) is 1.84. The van der Waals surface area contributed by atoms with E-state index in [4.69, 9.17) is 11.6 Å². The molecule has 0 bridgehead atoms. The highest BCUT2D eigenvalue weighted by molar-refractivity contribution is 5.76. The van der Waals surface area contributed by atoms with Gasteiger partial charge in [-0.3, -0.25) is 4.84 Å². The molecule has 0 spiro atoms. The number of nitrogens with zero attached hydrogens (tertiary/aromatic N) is 2. The first-order chi connectivity index (χ1) is 3.72. The maximum Gasteiger partial charge on any atom is 0.237 e. The van der Waals surface area contributed by atoms with Crippen LogP contribution in [0.15, 0.2) is 5.10 Å². The number of hydrogen-bond acceptors (Lipinski definition) is 3. The van der Waals surface area contributed by atoms with E-state index in [1.165, 1.54) is 12.2 Å². The standard InChI is InChI=1S/C3H10N4O/c1-7(8-2)3(4)6-5/h5H2,1-2H3,(H2,4,6). The van der Waals surface area contributed by atoms with Gasteiger partial charge in [0.25, 0.3) is 0 Å². The van der Waals surface area contributed by atoms with Gasteiger partial charge in [0, 0.05) is 7.05 Å². The van der Waals surface area contributed by atoms with Crippen LogP contribution in [0.4, 0.5) is 0 Å². The van der Waals surface area contributed by atoms with Gasteiger partial charge >= 0.3 is 0 Å². The van der Waals surface area contributed by atoms with Crippen LogP contribution in [-0.4, -0.2) is 25.2 Å². The summed E-state index contributed by atoms with van der Waals surface area (Å²) in [5, 5.41) is 4.40. The van der Waals surface area contributed by atoms with Crippen LogP contribution in [0.1, 0.15) is 0 Å². The summed E-state index contributed by atoms with van der Waals surface area (Å²) in [6.07, 6.45) is 0. The van der Waals surface area contributed by atoms with E-state index in [9.17, 15) is 0 Å².